The molecule has 0 fully saturated rings. The maximum atomic E-state index is 12.6. The topological polar surface area (TPSA) is 116 Å². The normalized spacial score (nSPS) is 11.6. The second kappa shape index (κ2) is 25.5. The molecule has 0 bridgehead atoms. The largest absolute Gasteiger partial charge is 0.481 e. The summed E-state index contributed by atoms with van der Waals surface area (Å²) in [5.74, 6) is -2.56. The van der Waals surface area contributed by atoms with E-state index in [1.807, 2.05) is 0 Å². The highest BCUT2D eigenvalue weighted by molar-refractivity contribution is 5.74. The molecule has 0 aromatic rings. The van der Waals surface area contributed by atoms with Crippen LogP contribution in [0.4, 0.5) is 0 Å². The highest BCUT2D eigenvalue weighted by Crippen LogP contribution is 2.16. The molecule has 0 aliphatic carbocycles. The van der Waals surface area contributed by atoms with Gasteiger partial charge in [0.25, 0.3) is 0 Å². The molecule has 8 nitrogen and oxygen atoms in total. The SMILES string of the molecule is CCCCCCCC(=O)OCOC(=O)C(CCCCCCCCC(=O)O)COC(=O)CCCCCCC. The van der Waals surface area contributed by atoms with Crippen LogP contribution in [0.1, 0.15) is 142 Å². The lowest BCUT2D eigenvalue weighted by Crippen LogP contribution is -2.26. The zero-order valence-electron chi connectivity index (χ0n) is 23.4. The van der Waals surface area contributed by atoms with Gasteiger partial charge < -0.3 is 19.3 Å². The molecule has 216 valence electrons. The fourth-order valence-electron chi connectivity index (χ4n) is 4.00. The van der Waals surface area contributed by atoms with Gasteiger partial charge in [-0.05, 0) is 25.7 Å². The molecule has 0 aromatic heterocycles. The van der Waals surface area contributed by atoms with Crippen molar-refractivity contribution in [1.82, 2.24) is 0 Å². The molecular weight excluding hydrogens is 476 g/mol. The lowest BCUT2D eigenvalue weighted by molar-refractivity contribution is -0.172. The Morgan fingerprint density at radius 2 is 1.03 bits per heavy atom. The van der Waals surface area contributed by atoms with Crippen LogP contribution in [-0.4, -0.2) is 42.4 Å². The van der Waals surface area contributed by atoms with Crippen molar-refractivity contribution in [2.75, 3.05) is 13.4 Å². The minimum absolute atomic E-state index is 0.0311. The number of rotatable bonds is 26. The van der Waals surface area contributed by atoms with E-state index in [1.54, 1.807) is 0 Å². The number of hydrogen-bond acceptors (Lipinski definition) is 7. The third kappa shape index (κ3) is 24.0. The van der Waals surface area contributed by atoms with E-state index in [-0.39, 0.29) is 25.0 Å². The summed E-state index contributed by atoms with van der Waals surface area (Å²) in [5, 5.41) is 8.69. The molecule has 0 heterocycles. The highest BCUT2D eigenvalue weighted by atomic mass is 16.7. The predicted octanol–water partition coefficient (Wildman–Crippen LogP) is 7.12. The Morgan fingerprint density at radius 1 is 0.568 bits per heavy atom. The van der Waals surface area contributed by atoms with Crippen molar-refractivity contribution in [2.45, 2.75) is 142 Å². The Morgan fingerprint density at radius 3 is 1.57 bits per heavy atom. The number of hydrogen-bond donors (Lipinski definition) is 1. The molecule has 0 aliphatic rings. The van der Waals surface area contributed by atoms with E-state index in [4.69, 9.17) is 19.3 Å². The number of carbonyl (C=O) groups excluding carboxylic acids is 3. The summed E-state index contributed by atoms with van der Waals surface area (Å²) in [5.41, 5.74) is 0. The molecule has 0 amide bonds. The van der Waals surface area contributed by atoms with Gasteiger partial charge in [0.15, 0.2) is 0 Å². The van der Waals surface area contributed by atoms with Gasteiger partial charge in [0, 0.05) is 19.3 Å². The van der Waals surface area contributed by atoms with E-state index in [0.29, 0.717) is 25.7 Å². The van der Waals surface area contributed by atoms with Crippen molar-refractivity contribution in [3.05, 3.63) is 0 Å². The zero-order valence-corrected chi connectivity index (χ0v) is 23.4. The number of carbonyl (C=O) groups is 4. The first-order valence-corrected chi connectivity index (χ1v) is 14.6. The lowest BCUT2D eigenvalue weighted by Gasteiger charge is -2.16. The van der Waals surface area contributed by atoms with Crippen LogP contribution >= 0.6 is 0 Å². The molecule has 0 aromatic carbocycles. The van der Waals surface area contributed by atoms with Gasteiger partial charge in [-0.25, -0.2) is 0 Å². The first kappa shape index (κ1) is 34.9. The summed E-state index contributed by atoms with van der Waals surface area (Å²) < 4.78 is 15.6. The first-order valence-electron chi connectivity index (χ1n) is 14.6. The first-order chi connectivity index (χ1) is 17.9. The van der Waals surface area contributed by atoms with Gasteiger partial charge in [-0.15, -0.1) is 0 Å². The molecule has 0 radical (unpaired) electrons. The lowest BCUT2D eigenvalue weighted by atomic mass is 10.0. The molecule has 0 rings (SSSR count). The van der Waals surface area contributed by atoms with Crippen LogP contribution in [-0.2, 0) is 33.4 Å². The van der Waals surface area contributed by atoms with Gasteiger partial charge in [0.1, 0.15) is 6.61 Å². The van der Waals surface area contributed by atoms with Crippen molar-refractivity contribution in [2.24, 2.45) is 5.92 Å². The summed E-state index contributed by atoms with van der Waals surface area (Å²) in [4.78, 5) is 47.1. The van der Waals surface area contributed by atoms with Gasteiger partial charge in [-0.2, -0.15) is 0 Å². The van der Waals surface area contributed by atoms with Crippen LogP contribution in [0.3, 0.4) is 0 Å². The molecular formula is C29H52O8. The van der Waals surface area contributed by atoms with Crippen molar-refractivity contribution >= 4 is 23.9 Å². The number of carboxylic acids is 1. The minimum Gasteiger partial charge on any atom is -0.481 e. The minimum atomic E-state index is -0.769. The van der Waals surface area contributed by atoms with Gasteiger partial charge >= 0.3 is 23.9 Å². The maximum Gasteiger partial charge on any atom is 0.315 e. The molecule has 0 saturated carbocycles. The Bertz CT molecular complexity index is 605. The Kier molecular flexibility index (Phi) is 24.1. The summed E-state index contributed by atoms with van der Waals surface area (Å²) in [7, 11) is 0. The number of carboxylic acid groups (broad SMARTS) is 1. The fourth-order valence-corrected chi connectivity index (χ4v) is 4.00. The standard InChI is InChI=1S/C29H52O8/c1-3-5-7-11-17-21-27(32)35-23-25(19-15-13-9-10-14-16-20-26(30)31)29(34)37-24-36-28(33)22-18-12-8-6-4-2/h25H,3-24H2,1-2H3,(H,30,31). The van der Waals surface area contributed by atoms with E-state index in [9.17, 15) is 19.2 Å². The van der Waals surface area contributed by atoms with Crippen LogP contribution in [0.5, 0.6) is 0 Å². The number of aliphatic carboxylic acids is 1. The summed E-state index contributed by atoms with van der Waals surface area (Å²) in [6.07, 6.45) is 16.8. The van der Waals surface area contributed by atoms with Crippen LogP contribution < -0.4 is 0 Å². The van der Waals surface area contributed by atoms with Crippen molar-refractivity contribution in [3.63, 3.8) is 0 Å². The Balaban J connectivity index is 4.37. The van der Waals surface area contributed by atoms with E-state index in [2.05, 4.69) is 13.8 Å². The highest BCUT2D eigenvalue weighted by Gasteiger charge is 2.22. The second-order valence-electron chi connectivity index (χ2n) is 9.86. The van der Waals surface area contributed by atoms with Crippen LogP contribution in [0.2, 0.25) is 0 Å². The summed E-state index contributed by atoms with van der Waals surface area (Å²) >= 11 is 0. The monoisotopic (exact) mass is 528 g/mol. The molecule has 37 heavy (non-hydrogen) atoms. The average Bonchev–Trinajstić information content (AvgIpc) is 2.86. The van der Waals surface area contributed by atoms with Crippen molar-refractivity contribution in [1.29, 1.82) is 0 Å². The predicted molar refractivity (Wildman–Crippen MR) is 143 cm³/mol. The molecule has 1 N–H and O–H groups in total. The third-order valence-corrected chi connectivity index (χ3v) is 6.36. The van der Waals surface area contributed by atoms with Crippen LogP contribution in [0, 0.1) is 5.92 Å². The molecule has 0 saturated heterocycles. The molecule has 1 atom stereocenters. The maximum absolute atomic E-state index is 12.6. The molecule has 1 unspecified atom stereocenters. The Labute approximate surface area is 224 Å². The van der Waals surface area contributed by atoms with Gasteiger partial charge in [0.2, 0.25) is 6.79 Å². The zero-order chi connectivity index (χ0) is 27.6. The van der Waals surface area contributed by atoms with E-state index >= 15 is 0 Å². The second-order valence-corrected chi connectivity index (χ2v) is 9.86. The van der Waals surface area contributed by atoms with Crippen LogP contribution in [0.25, 0.3) is 0 Å². The summed E-state index contributed by atoms with van der Waals surface area (Å²) in [6.45, 7) is 3.83. The van der Waals surface area contributed by atoms with Gasteiger partial charge in [-0.3, -0.25) is 19.2 Å². The Hall–Kier alpha value is -2.12. The van der Waals surface area contributed by atoms with E-state index in [1.165, 1.54) is 0 Å². The van der Waals surface area contributed by atoms with Crippen LogP contribution in [0.15, 0.2) is 0 Å². The quantitative estimate of drug-likeness (QED) is 0.0717. The third-order valence-electron chi connectivity index (χ3n) is 6.36. The average molecular weight is 529 g/mol. The molecule has 0 aliphatic heterocycles. The molecule has 0 spiro atoms. The summed E-state index contributed by atoms with van der Waals surface area (Å²) in [6, 6.07) is 0. The number of ether oxygens (including phenoxy) is 3. The fraction of sp³-hybridized carbons (Fsp3) is 0.862. The van der Waals surface area contributed by atoms with E-state index in [0.717, 1.165) is 96.3 Å². The van der Waals surface area contributed by atoms with Gasteiger partial charge in [0.05, 0.1) is 5.92 Å². The smallest absolute Gasteiger partial charge is 0.315 e. The van der Waals surface area contributed by atoms with E-state index < -0.39 is 24.6 Å². The van der Waals surface area contributed by atoms with Gasteiger partial charge in [-0.1, -0.05) is 97.3 Å². The number of unbranched alkanes of at least 4 members (excludes halogenated alkanes) is 13. The van der Waals surface area contributed by atoms with Crippen molar-refractivity contribution < 1.29 is 38.5 Å². The molecule has 8 heteroatoms. The number of esters is 3. The van der Waals surface area contributed by atoms with Crippen molar-refractivity contribution in [3.8, 4) is 0 Å².